The highest BCUT2D eigenvalue weighted by molar-refractivity contribution is 7.93. The predicted molar refractivity (Wildman–Crippen MR) is 144 cm³/mol. The summed E-state index contributed by atoms with van der Waals surface area (Å²) in [6, 6.07) is 3.11. The Labute approximate surface area is 230 Å². The summed E-state index contributed by atoms with van der Waals surface area (Å²) >= 11 is 1.21. The number of thiazole rings is 1. The zero-order valence-electron chi connectivity index (χ0n) is 21.3. The molecule has 206 valence electrons. The Morgan fingerprint density at radius 1 is 1.28 bits per heavy atom. The third kappa shape index (κ3) is 5.88. The first-order valence-electron chi connectivity index (χ1n) is 12.9. The van der Waals surface area contributed by atoms with E-state index >= 15 is 0 Å². The quantitative estimate of drug-likeness (QED) is 0.351. The molecule has 2 aliphatic heterocycles. The maximum Gasteiger partial charge on any atom is 0.280 e. The molecule has 2 bridgehead atoms. The van der Waals surface area contributed by atoms with Gasteiger partial charge in [0.05, 0.1) is 59.3 Å². The number of sulfonamides is 1. The number of ether oxygens (including phenoxy) is 2. The highest BCUT2D eigenvalue weighted by Gasteiger charge is 2.40. The minimum Gasteiger partial charge on any atom is -0.477 e. The van der Waals surface area contributed by atoms with Gasteiger partial charge in [-0.3, -0.25) is 24.4 Å². The van der Waals surface area contributed by atoms with Gasteiger partial charge in [-0.25, -0.2) is 18.4 Å². The van der Waals surface area contributed by atoms with Crippen molar-refractivity contribution in [3.05, 3.63) is 47.6 Å². The van der Waals surface area contributed by atoms with Gasteiger partial charge < -0.3 is 14.8 Å². The molecule has 3 aromatic heterocycles. The molecular formula is C25H29N7O5S2. The lowest BCUT2D eigenvalue weighted by atomic mass is 10.1. The molecule has 2 saturated heterocycles. The van der Waals surface area contributed by atoms with Crippen LogP contribution in [0.4, 0.5) is 5.69 Å². The molecule has 1 unspecified atom stereocenters. The second kappa shape index (κ2) is 10.8. The van der Waals surface area contributed by atoms with Crippen LogP contribution in [0.15, 0.2) is 36.9 Å². The molecule has 3 aromatic rings. The van der Waals surface area contributed by atoms with Gasteiger partial charge in [0.25, 0.3) is 5.91 Å². The lowest BCUT2D eigenvalue weighted by Crippen LogP contribution is -2.44. The molecule has 1 amide bonds. The molecule has 0 radical (unpaired) electrons. The SMILES string of the molecule is CCOc1cncc(-c2cnc(C(=O)NC(CN3C[C@H]4C[C@@H]3CO4)c3cc(NS(=O)(=O)C4CC4)ccn3)s2)n1. The average molecular weight is 572 g/mol. The monoisotopic (exact) mass is 571 g/mol. The summed E-state index contributed by atoms with van der Waals surface area (Å²) in [6.45, 7) is 4.30. The maximum absolute atomic E-state index is 13.4. The molecule has 0 spiro atoms. The van der Waals surface area contributed by atoms with Crippen LogP contribution in [0.2, 0.25) is 0 Å². The van der Waals surface area contributed by atoms with Crippen LogP contribution in [0.5, 0.6) is 5.88 Å². The summed E-state index contributed by atoms with van der Waals surface area (Å²) in [7, 11) is -3.43. The van der Waals surface area contributed by atoms with E-state index in [1.165, 1.54) is 17.5 Å². The van der Waals surface area contributed by atoms with Crippen molar-refractivity contribution in [1.29, 1.82) is 0 Å². The zero-order chi connectivity index (χ0) is 27.0. The van der Waals surface area contributed by atoms with Crippen molar-refractivity contribution in [2.45, 2.75) is 49.6 Å². The van der Waals surface area contributed by atoms with Gasteiger partial charge in [-0.1, -0.05) is 0 Å². The van der Waals surface area contributed by atoms with Crippen molar-refractivity contribution in [3.8, 4) is 16.5 Å². The Morgan fingerprint density at radius 3 is 2.90 bits per heavy atom. The largest absolute Gasteiger partial charge is 0.477 e. The van der Waals surface area contributed by atoms with Gasteiger partial charge in [-0.2, -0.15) is 0 Å². The smallest absolute Gasteiger partial charge is 0.280 e. The first kappa shape index (κ1) is 26.0. The molecule has 12 nitrogen and oxygen atoms in total. The maximum atomic E-state index is 13.4. The third-order valence-corrected chi connectivity index (χ3v) is 9.84. The van der Waals surface area contributed by atoms with E-state index in [1.807, 2.05) is 6.92 Å². The van der Waals surface area contributed by atoms with Crippen LogP contribution in [-0.4, -0.2) is 82.9 Å². The van der Waals surface area contributed by atoms with E-state index < -0.39 is 16.1 Å². The van der Waals surface area contributed by atoms with Gasteiger partial charge in [0.2, 0.25) is 15.9 Å². The standard InChI is InChI=1S/C25H29N7O5S2/c1-2-36-23-11-26-9-20(29-23)22-10-28-25(38-22)24(33)30-21(13-32-12-17-8-16(32)14-37-17)19-7-15(5-6-27-19)31-39(34,35)18-3-4-18/h5-7,9-11,16-18,21H,2-4,8,12-14H2,1H3,(H,27,31)(H,30,33)/t16-,17-,21?/m1/s1. The van der Waals surface area contributed by atoms with Crippen LogP contribution in [0.25, 0.3) is 10.6 Å². The molecular weight excluding hydrogens is 542 g/mol. The number of carbonyl (C=O) groups is 1. The van der Waals surface area contributed by atoms with Gasteiger partial charge in [-0.05, 0) is 38.3 Å². The molecule has 5 heterocycles. The Bertz CT molecular complexity index is 1460. The van der Waals surface area contributed by atoms with E-state index in [4.69, 9.17) is 9.47 Å². The number of amides is 1. The number of morpholine rings is 1. The molecule has 6 rings (SSSR count). The number of hydrogen-bond acceptors (Lipinski definition) is 11. The zero-order valence-corrected chi connectivity index (χ0v) is 23.0. The van der Waals surface area contributed by atoms with Crippen molar-refractivity contribution >= 4 is 33.0 Å². The molecule has 39 heavy (non-hydrogen) atoms. The fraction of sp³-hybridized carbons (Fsp3) is 0.480. The summed E-state index contributed by atoms with van der Waals surface area (Å²) in [6.07, 6.45) is 8.79. The van der Waals surface area contributed by atoms with Crippen LogP contribution in [0.3, 0.4) is 0 Å². The molecule has 1 aliphatic carbocycles. The number of carbonyl (C=O) groups excluding carboxylic acids is 1. The molecule has 3 fully saturated rings. The molecule has 14 heteroatoms. The minimum absolute atomic E-state index is 0.200. The summed E-state index contributed by atoms with van der Waals surface area (Å²) < 4.78 is 38.8. The van der Waals surface area contributed by atoms with Crippen molar-refractivity contribution in [2.24, 2.45) is 0 Å². The van der Waals surface area contributed by atoms with E-state index in [9.17, 15) is 13.2 Å². The first-order chi connectivity index (χ1) is 18.9. The van der Waals surface area contributed by atoms with Crippen molar-refractivity contribution < 1.29 is 22.7 Å². The van der Waals surface area contributed by atoms with Crippen LogP contribution in [0.1, 0.15) is 47.7 Å². The third-order valence-electron chi connectivity index (χ3n) is 6.95. The number of likely N-dealkylation sites (tertiary alicyclic amines) is 1. The van der Waals surface area contributed by atoms with Crippen LogP contribution >= 0.6 is 11.3 Å². The molecule has 3 aliphatic rings. The van der Waals surface area contributed by atoms with Crippen molar-refractivity contribution in [1.82, 2.24) is 30.2 Å². The Kier molecular flexibility index (Phi) is 7.18. The van der Waals surface area contributed by atoms with E-state index in [0.29, 0.717) is 60.4 Å². The van der Waals surface area contributed by atoms with Gasteiger partial charge >= 0.3 is 0 Å². The van der Waals surface area contributed by atoms with Crippen molar-refractivity contribution in [2.75, 3.05) is 31.0 Å². The number of anilines is 1. The summed E-state index contributed by atoms with van der Waals surface area (Å²) in [4.78, 5) is 33.8. The van der Waals surface area contributed by atoms with E-state index in [0.717, 1.165) is 13.0 Å². The first-order valence-corrected chi connectivity index (χ1v) is 15.3. The number of rotatable bonds is 11. The van der Waals surface area contributed by atoms with Gasteiger partial charge in [0.15, 0.2) is 5.01 Å². The molecule has 2 N–H and O–H groups in total. The van der Waals surface area contributed by atoms with Crippen LogP contribution in [-0.2, 0) is 14.8 Å². The lowest BCUT2D eigenvalue weighted by Gasteiger charge is -2.30. The normalized spacial score (nSPS) is 21.6. The average Bonchev–Trinajstić information content (AvgIpc) is 3.34. The highest BCUT2D eigenvalue weighted by Crippen LogP contribution is 2.32. The highest BCUT2D eigenvalue weighted by atomic mass is 32.2. The number of aromatic nitrogens is 4. The topological polar surface area (TPSA) is 149 Å². The Morgan fingerprint density at radius 2 is 2.15 bits per heavy atom. The molecule has 1 saturated carbocycles. The van der Waals surface area contributed by atoms with Crippen molar-refractivity contribution in [3.63, 3.8) is 0 Å². The number of hydrogen-bond donors (Lipinski definition) is 2. The van der Waals surface area contributed by atoms with E-state index in [-0.39, 0.29) is 28.3 Å². The Hall–Kier alpha value is -3.20. The van der Waals surface area contributed by atoms with Gasteiger partial charge in [0, 0.05) is 31.5 Å². The number of pyridine rings is 1. The fourth-order valence-corrected chi connectivity index (χ4v) is 7.03. The number of fused-ring (bicyclic) bond motifs is 2. The Balaban J connectivity index is 1.22. The second-order valence-electron chi connectivity index (χ2n) is 9.85. The summed E-state index contributed by atoms with van der Waals surface area (Å²) in [5.41, 5.74) is 1.57. The summed E-state index contributed by atoms with van der Waals surface area (Å²) in [5, 5.41) is 3.01. The van der Waals surface area contributed by atoms with Gasteiger partial charge in [0.1, 0.15) is 5.69 Å². The number of nitrogens with one attached hydrogen (secondary N) is 2. The van der Waals surface area contributed by atoms with Gasteiger partial charge in [-0.15, -0.1) is 11.3 Å². The lowest BCUT2D eigenvalue weighted by molar-refractivity contribution is 0.0265. The fourth-order valence-electron chi connectivity index (χ4n) is 4.88. The van der Waals surface area contributed by atoms with Crippen LogP contribution < -0.4 is 14.8 Å². The van der Waals surface area contributed by atoms with Crippen LogP contribution in [0, 0.1) is 0 Å². The molecule has 0 aromatic carbocycles. The predicted octanol–water partition coefficient (Wildman–Crippen LogP) is 2.24. The van der Waals surface area contributed by atoms with E-state index in [2.05, 4.69) is 34.9 Å². The number of nitrogens with zero attached hydrogens (tertiary/aromatic N) is 5. The summed E-state index contributed by atoms with van der Waals surface area (Å²) in [5.74, 6) is 0.0539. The minimum atomic E-state index is -3.43. The second-order valence-corrected chi connectivity index (χ2v) is 12.8. The molecule has 3 atom stereocenters. The van der Waals surface area contributed by atoms with E-state index in [1.54, 1.807) is 30.7 Å².